The fraction of sp³-hybridized carbons (Fsp3) is 0.417. The Morgan fingerprint density at radius 1 is 1.00 bits per heavy atom. The van der Waals surface area contributed by atoms with E-state index in [0.717, 1.165) is 6.20 Å². The highest BCUT2D eigenvalue weighted by Crippen LogP contribution is 2.13. The summed E-state index contributed by atoms with van der Waals surface area (Å²) in [5.41, 5.74) is 0.0888. The first-order valence-corrected chi connectivity index (χ1v) is 12.9. The van der Waals surface area contributed by atoms with E-state index < -0.39 is 27.8 Å². The highest BCUT2D eigenvalue weighted by atomic mass is 32.2. The number of hydrogen-bond acceptors (Lipinski definition) is 8. The van der Waals surface area contributed by atoms with Crippen molar-refractivity contribution in [3.05, 3.63) is 59.4 Å². The summed E-state index contributed by atoms with van der Waals surface area (Å²) < 4.78 is 37.9. The lowest BCUT2D eigenvalue weighted by Gasteiger charge is -2.13. The first-order chi connectivity index (χ1) is 16.7. The molecule has 190 valence electrons. The molecular formula is C24H31N3O7S. The number of benzene rings is 1. The summed E-state index contributed by atoms with van der Waals surface area (Å²) in [7, 11) is -4.26. The van der Waals surface area contributed by atoms with Crippen LogP contribution in [0.25, 0.3) is 0 Å². The first-order valence-electron chi connectivity index (χ1n) is 11.4. The van der Waals surface area contributed by atoms with Crippen LogP contribution in [0.1, 0.15) is 71.2 Å². The third kappa shape index (κ3) is 8.45. The monoisotopic (exact) mass is 505 g/mol. The van der Waals surface area contributed by atoms with E-state index in [1.807, 2.05) is 25.5 Å². The predicted octanol–water partition coefficient (Wildman–Crippen LogP) is 2.70. The van der Waals surface area contributed by atoms with Crippen molar-refractivity contribution in [1.82, 2.24) is 15.0 Å². The highest BCUT2D eigenvalue weighted by molar-refractivity contribution is 7.90. The molecule has 2 amide bonds. The number of carbonyl (C=O) groups is 3. The van der Waals surface area contributed by atoms with E-state index in [-0.39, 0.29) is 27.8 Å². The quantitative estimate of drug-likeness (QED) is 0.313. The van der Waals surface area contributed by atoms with Crippen molar-refractivity contribution in [1.29, 1.82) is 0 Å². The molecule has 0 aliphatic carbocycles. The zero-order chi connectivity index (χ0) is 25.8. The lowest BCUT2D eigenvalue weighted by molar-refractivity contribution is 0.0277. The molecule has 35 heavy (non-hydrogen) atoms. The van der Waals surface area contributed by atoms with Gasteiger partial charge in [-0.05, 0) is 56.5 Å². The number of carbonyl (C=O) groups excluding carboxylic acids is 3. The van der Waals surface area contributed by atoms with Crippen LogP contribution in [0, 0.1) is 0 Å². The molecule has 1 aromatic heterocycles. The zero-order valence-corrected chi connectivity index (χ0v) is 20.9. The van der Waals surface area contributed by atoms with Gasteiger partial charge in [0.1, 0.15) is 11.8 Å². The minimum Gasteiger partial charge on any atom is -0.458 e. The van der Waals surface area contributed by atoms with Gasteiger partial charge in [-0.2, -0.15) is 0 Å². The zero-order valence-electron chi connectivity index (χ0n) is 20.1. The van der Waals surface area contributed by atoms with E-state index in [9.17, 15) is 22.8 Å². The number of rotatable bonds is 13. The number of aromatic nitrogens is 1. The lowest BCUT2D eigenvalue weighted by Crippen LogP contribution is -2.31. The number of nitrogens with one attached hydrogen (secondary N) is 2. The van der Waals surface area contributed by atoms with Crippen molar-refractivity contribution in [2.45, 2.75) is 51.0 Å². The van der Waals surface area contributed by atoms with Crippen molar-refractivity contribution in [3.63, 3.8) is 0 Å². The SMILES string of the molecule is CCOCCCNC(=O)c1cccc(S(=O)(=O)NC(=O)c2ccc(C(=O)OC(CC)CC)nc2)c1. The molecule has 2 aromatic rings. The van der Waals surface area contributed by atoms with E-state index in [4.69, 9.17) is 9.47 Å². The van der Waals surface area contributed by atoms with Crippen molar-refractivity contribution in [3.8, 4) is 0 Å². The summed E-state index contributed by atoms with van der Waals surface area (Å²) in [5, 5.41) is 2.69. The second-order valence-corrected chi connectivity index (χ2v) is 9.23. The molecule has 0 bridgehead atoms. The third-order valence-corrected chi connectivity index (χ3v) is 6.34. The molecule has 0 aliphatic heterocycles. The van der Waals surface area contributed by atoms with Gasteiger partial charge in [-0.25, -0.2) is 22.9 Å². The van der Waals surface area contributed by atoms with Crippen LogP contribution in [-0.4, -0.2) is 57.0 Å². The molecule has 0 spiro atoms. The van der Waals surface area contributed by atoms with Crippen LogP contribution < -0.4 is 10.0 Å². The summed E-state index contributed by atoms with van der Waals surface area (Å²) in [6.45, 7) is 7.14. The van der Waals surface area contributed by atoms with Gasteiger partial charge < -0.3 is 14.8 Å². The largest absolute Gasteiger partial charge is 0.458 e. The second kappa shape index (κ2) is 13.5. The fourth-order valence-corrected chi connectivity index (χ4v) is 4.00. The molecule has 10 nitrogen and oxygen atoms in total. The van der Waals surface area contributed by atoms with Gasteiger partial charge in [0, 0.05) is 31.5 Å². The average molecular weight is 506 g/mol. The number of esters is 1. The van der Waals surface area contributed by atoms with Crippen LogP contribution >= 0.6 is 0 Å². The van der Waals surface area contributed by atoms with E-state index in [2.05, 4.69) is 10.3 Å². The Hall–Kier alpha value is -3.31. The molecule has 0 fully saturated rings. The Labute approximate surface area is 205 Å². The smallest absolute Gasteiger partial charge is 0.357 e. The summed E-state index contributed by atoms with van der Waals surface area (Å²) in [6.07, 6.45) is 2.82. The molecule has 0 radical (unpaired) electrons. The van der Waals surface area contributed by atoms with Gasteiger partial charge in [0.25, 0.3) is 21.8 Å². The van der Waals surface area contributed by atoms with E-state index in [1.165, 1.54) is 36.4 Å². The standard InChI is InChI=1S/C24H31N3O7S/c1-4-19(5-2)34-24(30)21-12-11-18(16-26-21)23(29)27-35(31,32)20-10-7-9-17(15-20)22(28)25-13-8-14-33-6-3/h7,9-12,15-16,19H,4-6,8,13-14H2,1-3H3,(H,25,28)(H,27,29). The highest BCUT2D eigenvalue weighted by Gasteiger charge is 2.21. The minimum absolute atomic E-state index is 0.0104. The molecule has 2 rings (SSSR count). The Balaban J connectivity index is 2.03. The van der Waals surface area contributed by atoms with E-state index in [1.54, 1.807) is 0 Å². The second-order valence-electron chi connectivity index (χ2n) is 7.54. The number of hydrogen-bond donors (Lipinski definition) is 2. The molecular weight excluding hydrogens is 474 g/mol. The van der Waals surface area contributed by atoms with Gasteiger partial charge in [-0.1, -0.05) is 19.9 Å². The number of pyridine rings is 1. The molecule has 2 N–H and O–H groups in total. The van der Waals surface area contributed by atoms with Crippen LogP contribution in [0.5, 0.6) is 0 Å². The van der Waals surface area contributed by atoms with Crippen LogP contribution in [0.3, 0.4) is 0 Å². The first kappa shape index (κ1) is 27.9. The maximum Gasteiger partial charge on any atom is 0.357 e. The topological polar surface area (TPSA) is 141 Å². The maximum atomic E-state index is 12.7. The molecule has 0 saturated heterocycles. The fourth-order valence-electron chi connectivity index (χ4n) is 2.98. The van der Waals surface area contributed by atoms with Crippen LogP contribution in [0.4, 0.5) is 0 Å². The summed E-state index contributed by atoms with van der Waals surface area (Å²) in [5.74, 6) is -1.99. The minimum atomic E-state index is -4.26. The molecule has 0 aliphatic rings. The van der Waals surface area contributed by atoms with Gasteiger partial charge in [0.2, 0.25) is 0 Å². The van der Waals surface area contributed by atoms with Gasteiger partial charge in [-0.3, -0.25) is 9.59 Å². The average Bonchev–Trinajstić information content (AvgIpc) is 2.86. The number of nitrogens with zero attached hydrogens (tertiary/aromatic N) is 1. The predicted molar refractivity (Wildman–Crippen MR) is 129 cm³/mol. The van der Waals surface area contributed by atoms with Crippen molar-refractivity contribution >= 4 is 27.8 Å². The van der Waals surface area contributed by atoms with Gasteiger partial charge >= 0.3 is 5.97 Å². The summed E-state index contributed by atoms with van der Waals surface area (Å²) in [4.78, 5) is 40.6. The molecule has 11 heteroatoms. The van der Waals surface area contributed by atoms with Crippen molar-refractivity contribution in [2.75, 3.05) is 19.8 Å². The van der Waals surface area contributed by atoms with Crippen LogP contribution in [0.2, 0.25) is 0 Å². The summed E-state index contributed by atoms with van der Waals surface area (Å²) in [6, 6.07) is 7.92. The maximum absolute atomic E-state index is 12.7. The van der Waals surface area contributed by atoms with Crippen molar-refractivity contribution < 1.29 is 32.3 Å². The molecule has 1 heterocycles. The van der Waals surface area contributed by atoms with Gasteiger partial charge in [0.05, 0.1) is 10.5 Å². The molecule has 1 aromatic carbocycles. The van der Waals surface area contributed by atoms with Crippen LogP contribution in [-0.2, 0) is 19.5 Å². The number of ether oxygens (including phenoxy) is 2. The number of sulfonamides is 1. The summed E-state index contributed by atoms with van der Waals surface area (Å²) >= 11 is 0. The molecule has 0 saturated carbocycles. The Morgan fingerprint density at radius 2 is 1.74 bits per heavy atom. The molecule has 0 atom stereocenters. The molecule has 0 unspecified atom stereocenters. The Kier molecular flexibility index (Phi) is 10.8. The van der Waals surface area contributed by atoms with Gasteiger partial charge in [0.15, 0.2) is 0 Å². The number of amides is 2. The lowest BCUT2D eigenvalue weighted by atomic mass is 10.2. The van der Waals surface area contributed by atoms with Crippen LogP contribution in [0.15, 0.2) is 47.5 Å². The Bertz CT molecular complexity index is 1110. The Morgan fingerprint density at radius 3 is 2.37 bits per heavy atom. The van der Waals surface area contributed by atoms with Crippen molar-refractivity contribution in [2.24, 2.45) is 0 Å². The van der Waals surface area contributed by atoms with Gasteiger partial charge in [-0.15, -0.1) is 0 Å². The third-order valence-electron chi connectivity index (χ3n) is 5.01. The van der Waals surface area contributed by atoms with E-state index >= 15 is 0 Å². The van der Waals surface area contributed by atoms with E-state index in [0.29, 0.717) is 39.0 Å². The normalized spacial score (nSPS) is 11.2.